The Kier molecular flexibility index (Phi) is 6.28. The zero-order valence-electron chi connectivity index (χ0n) is 15.7. The number of nitrogens with one attached hydrogen (secondary N) is 2. The minimum atomic E-state index is -1.01. The third-order valence-corrected chi connectivity index (χ3v) is 4.19. The maximum absolute atomic E-state index is 13.6. The SMILES string of the molecule is CC(Oc1ccccc1F)C(=O)NNC(=O)CCCn1c(=O)oc2ccccc21. The van der Waals surface area contributed by atoms with Crippen LogP contribution < -0.4 is 21.3 Å². The van der Waals surface area contributed by atoms with E-state index in [0.717, 1.165) is 0 Å². The molecule has 0 saturated carbocycles. The van der Waals surface area contributed by atoms with Gasteiger partial charge in [0, 0.05) is 13.0 Å². The molecule has 0 spiro atoms. The van der Waals surface area contributed by atoms with Crippen molar-refractivity contribution >= 4 is 22.9 Å². The molecular formula is C20H20FN3O5. The summed E-state index contributed by atoms with van der Waals surface area (Å²) in [4.78, 5) is 35.8. The van der Waals surface area contributed by atoms with Crippen LogP contribution in [0.3, 0.4) is 0 Å². The monoisotopic (exact) mass is 401 g/mol. The van der Waals surface area contributed by atoms with Crippen LogP contribution in [0.25, 0.3) is 11.1 Å². The first-order chi connectivity index (χ1) is 14.0. The maximum Gasteiger partial charge on any atom is 0.419 e. The van der Waals surface area contributed by atoms with Crippen LogP contribution in [0.4, 0.5) is 4.39 Å². The van der Waals surface area contributed by atoms with Crippen LogP contribution in [0.2, 0.25) is 0 Å². The second-order valence-corrected chi connectivity index (χ2v) is 6.32. The van der Waals surface area contributed by atoms with Crippen molar-refractivity contribution in [3.05, 3.63) is 64.9 Å². The van der Waals surface area contributed by atoms with E-state index in [1.54, 1.807) is 30.3 Å². The number of carbonyl (C=O) groups excluding carboxylic acids is 2. The summed E-state index contributed by atoms with van der Waals surface area (Å²) in [5.74, 6) is -2.19. The third kappa shape index (κ3) is 5.01. The zero-order valence-corrected chi connectivity index (χ0v) is 15.7. The molecule has 3 rings (SSSR count). The summed E-state index contributed by atoms with van der Waals surface area (Å²) in [5, 5.41) is 0. The Labute approximate surface area is 165 Å². The van der Waals surface area contributed by atoms with Gasteiger partial charge in [0.05, 0.1) is 5.52 Å². The molecule has 0 aliphatic carbocycles. The van der Waals surface area contributed by atoms with Gasteiger partial charge in [0.2, 0.25) is 5.91 Å². The molecule has 9 heteroatoms. The predicted octanol–water partition coefficient (Wildman–Crippen LogP) is 2.13. The first-order valence-corrected chi connectivity index (χ1v) is 9.04. The number of benzene rings is 2. The van der Waals surface area contributed by atoms with Crippen LogP contribution in [0.5, 0.6) is 5.75 Å². The molecule has 0 aliphatic heterocycles. The van der Waals surface area contributed by atoms with Gasteiger partial charge >= 0.3 is 5.76 Å². The molecule has 8 nitrogen and oxygen atoms in total. The summed E-state index contributed by atoms with van der Waals surface area (Å²) in [6.07, 6.45) is -0.565. The molecular weight excluding hydrogens is 381 g/mol. The number of aromatic nitrogens is 1. The molecule has 1 aromatic heterocycles. The van der Waals surface area contributed by atoms with Crippen LogP contribution in [-0.2, 0) is 16.1 Å². The summed E-state index contributed by atoms with van der Waals surface area (Å²) < 4.78 is 25.4. The van der Waals surface area contributed by atoms with Gasteiger partial charge in [-0.05, 0) is 37.6 Å². The molecule has 1 unspecified atom stereocenters. The molecule has 0 radical (unpaired) electrons. The topological polar surface area (TPSA) is 103 Å². The number of oxazole rings is 1. The Morgan fingerprint density at radius 3 is 2.66 bits per heavy atom. The number of rotatable bonds is 7. The van der Waals surface area contributed by atoms with Gasteiger partial charge in [-0.25, -0.2) is 9.18 Å². The Morgan fingerprint density at radius 2 is 1.86 bits per heavy atom. The predicted molar refractivity (Wildman–Crippen MR) is 102 cm³/mol. The number of fused-ring (bicyclic) bond motifs is 1. The normalized spacial score (nSPS) is 11.8. The van der Waals surface area contributed by atoms with Crippen molar-refractivity contribution in [1.29, 1.82) is 0 Å². The van der Waals surface area contributed by atoms with E-state index in [0.29, 0.717) is 24.1 Å². The fourth-order valence-corrected chi connectivity index (χ4v) is 2.70. The van der Waals surface area contributed by atoms with Gasteiger partial charge in [0.15, 0.2) is 23.3 Å². The van der Waals surface area contributed by atoms with E-state index in [-0.39, 0.29) is 12.2 Å². The van der Waals surface area contributed by atoms with Gasteiger partial charge in [0.1, 0.15) is 0 Å². The van der Waals surface area contributed by atoms with Gasteiger partial charge in [-0.3, -0.25) is 25.0 Å². The van der Waals surface area contributed by atoms with E-state index in [4.69, 9.17) is 9.15 Å². The van der Waals surface area contributed by atoms with Gasteiger partial charge in [-0.2, -0.15) is 0 Å². The lowest BCUT2D eigenvalue weighted by atomic mass is 10.3. The van der Waals surface area contributed by atoms with Gasteiger partial charge < -0.3 is 9.15 Å². The molecule has 2 amide bonds. The summed E-state index contributed by atoms with van der Waals surface area (Å²) in [7, 11) is 0. The van der Waals surface area contributed by atoms with Crippen LogP contribution >= 0.6 is 0 Å². The maximum atomic E-state index is 13.6. The van der Waals surface area contributed by atoms with E-state index in [1.807, 2.05) is 0 Å². The number of para-hydroxylation sites is 3. The average Bonchev–Trinajstić information content (AvgIpc) is 3.03. The number of hydrogen-bond acceptors (Lipinski definition) is 5. The van der Waals surface area contributed by atoms with E-state index in [9.17, 15) is 18.8 Å². The number of hydrogen-bond donors (Lipinski definition) is 2. The lowest BCUT2D eigenvalue weighted by molar-refractivity contribution is -0.132. The van der Waals surface area contributed by atoms with E-state index in [1.165, 1.54) is 29.7 Å². The summed E-state index contributed by atoms with van der Waals surface area (Å²) in [6, 6.07) is 12.7. The van der Waals surface area contributed by atoms with Gasteiger partial charge in [0.25, 0.3) is 5.91 Å². The highest BCUT2D eigenvalue weighted by Crippen LogP contribution is 2.17. The fourth-order valence-electron chi connectivity index (χ4n) is 2.70. The number of carbonyl (C=O) groups is 2. The second-order valence-electron chi connectivity index (χ2n) is 6.32. The molecule has 3 aromatic rings. The highest BCUT2D eigenvalue weighted by atomic mass is 19.1. The number of halogens is 1. The number of amides is 2. The molecule has 0 saturated heterocycles. The largest absolute Gasteiger partial charge is 0.478 e. The van der Waals surface area contributed by atoms with Crippen molar-refractivity contribution < 1.29 is 23.1 Å². The molecule has 152 valence electrons. The highest BCUT2D eigenvalue weighted by molar-refractivity contribution is 5.84. The quantitative estimate of drug-likeness (QED) is 0.591. The van der Waals surface area contributed by atoms with Crippen LogP contribution in [-0.4, -0.2) is 22.5 Å². The summed E-state index contributed by atoms with van der Waals surface area (Å²) in [5.41, 5.74) is 5.65. The molecule has 1 atom stereocenters. The van der Waals surface area contributed by atoms with E-state index < -0.39 is 29.5 Å². The lowest BCUT2D eigenvalue weighted by Crippen LogP contribution is -2.47. The lowest BCUT2D eigenvalue weighted by Gasteiger charge is -2.15. The van der Waals surface area contributed by atoms with Gasteiger partial charge in [-0.1, -0.05) is 24.3 Å². The Hall–Kier alpha value is -3.62. The Balaban J connectivity index is 1.43. The number of nitrogens with zero attached hydrogens (tertiary/aromatic N) is 1. The highest BCUT2D eigenvalue weighted by Gasteiger charge is 2.17. The average molecular weight is 401 g/mol. The van der Waals surface area contributed by atoms with E-state index >= 15 is 0 Å². The molecule has 0 aliphatic rings. The number of hydrazine groups is 1. The van der Waals surface area contributed by atoms with Crippen molar-refractivity contribution in [2.24, 2.45) is 0 Å². The van der Waals surface area contributed by atoms with Crippen molar-refractivity contribution in [1.82, 2.24) is 15.4 Å². The Morgan fingerprint density at radius 1 is 1.14 bits per heavy atom. The summed E-state index contributed by atoms with van der Waals surface area (Å²) in [6.45, 7) is 1.73. The van der Waals surface area contributed by atoms with E-state index in [2.05, 4.69) is 10.9 Å². The molecule has 29 heavy (non-hydrogen) atoms. The molecule has 1 heterocycles. The number of ether oxygens (including phenoxy) is 1. The molecule has 2 aromatic carbocycles. The molecule has 0 fully saturated rings. The first-order valence-electron chi connectivity index (χ1n) is 9.04. The van der Waals surface area contributed by atoms with Crippen LogP contribution in [0, 0.1) is 5.82 Å². The smallest absolute Gasteiger partial charge is 0.419 e. The first kappa shape index (κ1) is 20.1. The fraction of sp³-hybridized carbons (Fsp3) is 0.250. The second kappa shape index (κ2) is 9.05. The van der Waals surface area contributed by atoms with Crippen LogP contribution in [0.1, 0.15) is 19.8 Å². The van der Waals surface area contributed by atoms with Crippen molar-refractivity contribution in [2.45, 2.75) is 32.4 Å². The molecule has 2 N–H and O–H groups in total. The number of aryl methyl sites for hydroxylation is 1. The summed E-state index contributed by atoms with van der Waals surface area (Å²) >= 11 is 0. The molecule has 0 bridgehead atoms. The zero-order chi connectivity index (χ0) is 20.8. The van der Waals surface area contributed by atoms with Gasteiger partial charge in [-0.15, -0.1) is 0 Å². The standard InChI is InChI=1S/C20H20FN3O5/c1-13(28-16-9-4-2-7-14(16)21)19(26)23-22-18(25)11-6-12-24-15-8-3-5-10-17(15)29-20(24)27/h2-5,7-10,13H,6,11-12H2,1H3,(H,22,25)(H,23,26). The van der Waals surface area contributed by atoms with Crippen LogP contribution in [0.15, 0.2) is 57.7 Å². The van der Waals surface area contributed by atoms with Crippen molar-refractivity contribution in [3.8, 4) is 5.75 Å². The minimum Gasteiger partial charge on any atom is -0.478 e. The Bertz CT molecular complexity index is 1080. The van der Waals surface area contributed by atoms with Crippen molar-refractivity contribution in [2.75, 3.05) is 0 Å². The third-order valence-electron chi connectivity index (χ3n) is 4.19. The van der Waals surface area contributed by atoms with Crippen molar-refractivity contribution in [3.63, 3.8) is 0 Å². The minimum absolute atomic E-state index is 0.0562.